The summed E-state index contributed by atoms with van der Waals surface area (Å²) in [6.07, 6.45) is -4.88. The van der Waals surface area contributed by atoms with Crippen LogP contribution in [0.4, 0.5) is 18.9 Å². The molecule has 11 heteroatoms. The number of ether oxygens (including phenoxy) is 2. The van der Waals surface area contributed by atoms with Crippen molar-refractivity contribution in [1.82, 2.24) is 14.8 Å². The predicted molar refractivity (Wildman–Crippen MR) is 119 cm³/mol. The monoisotopic (exact) mass is 480 g/mol. The summed E-state index contributed by atoms with van der Waals surface area (Å²) in [5.41, 5.74) is -0.747. The second kappa shape index (κ2) is 10.6. The van der Waals surface area contributed by atoms with E-state index in [2.05, 4.69) is 15.5 Å². The van der Waals surface area contributed by atoms with Gasteiger partial charge in [0, 0.05) is 12.2 Å². The van der Waals surface area contributed by atoms with Crippen LogP contribution in [0.3, 0.4) is 0 Å². The Hall–Kier alpha value is -3.21. The number of carbonyl (C=O) groups excluding carboxylic acids is 1. The van der Waals surface area contributed by atoms with Crippen molar-refractivity contribution in [3.63, 3.8) is 0 Å². The first-order valence-corrected chi connectivity index (χ1v) is 11.0. The van der Waals surface area contributed by atoms with E-state index in [-0.39, 0.29) is 11.4 Å². The van der Waals surface area contributed by atoms with Crippen LogP contribution in [0, 0.1) is 0 Å². The molecule has 0 saturated heterocycles. The molecule has 3 rings (SSSR count). The highest BCUT2D eigenvalue weighted by atomic mass is 32.2. The number of anilines is 1. The van der Waals surface area contributed by atoms with Crippen LogP contribution in [0.25, 0.3) is 0 Å². The van der Waals surface area contributed by atoms with Crippen molar-refractivity contribution in [3.05, 3.63) is 59.9 Å². The molecule has 0 aliphatic heterocycles. The van der Waals surface area contributed by atoms with Gasteiger partial charge in [-0.2, -0.15) is 13.2 Å². The van der Waals surface area contributed by atoms with Gasteiger partial charge in [-0.1, -0.05) is 17.8 Å². The highest BCUT2D eigenvalue weighted by Gasteiger charge is 2.30. The number of benzene rings is 2. The number of nitrogens with one attached hydrogen (secondary N) is 1. The molecule has 176 valence electrons. The van der Waals surface area contributed by atoms with Gasteiger partial charge in [-0.25, -0.2) is 0 Å². The molecule has 1 atom stereocenters. The minimum absolute atomic E-state index is 0.0396. The lowest BCUT2D eigenvalue weighted by Gasteiger charge is -2.16. The largest absolute Gasteiger partial charge is 0.497 e. The maximum Gasteiger partial charge on any atom is 0.416 e. The van der Waals surface area contributed by atoms with Crippen LogP contribution < -0.4 is 14.8 Å². The molecule has 0 spiro atoms. The zero-order chi connectivity index (χ0) is 24.0. The summed E-state index contributed by atoms with van der Waals surface area (Å²) in [5, 5.41) is 11.3. The predicted octanol–water partition coefficient (Wildman–Crippen LogP) is 5.20. The van der Waals surface area contributed by atoms with Crippen LogP contribution in [0.15, 0.2) is 53.7 Å². The fourth-order valence-corrected chi connectivity index (χ4v) is 3.83. The number of rotatable bonds is 9. The second-order valence-electron chi connectivity index (χ2n) is 6.94. The Balaban J connectivity index is 1.62. The first kappa shape index (κ1) is 24.4. The lowest BCUT2D eigenvalue weighted by molar-refractivity contribution is -0.137. The normalized spacial score (nSPS) is 12.3. The third kappa shape index (κ3) is 6.41. The summed E-state index contributed by atoms with van der Waals surface area (Å²) in [4.78, 5) is 12.3. The zero-order valence-electron chi connectivity index (χ0n) is 18.2. The fraction of sp³-hybridized carbons (Fsp3) is 0.318. The van der Waals surface area contributed by atoms with Gasteiger partial charge < -0.3 is 19.4 Å². The van der Waals surface area contributed by atoms with Gasteiger partial charge >= 0.3 is 6.18 Å². The van der Waals surface area contributed by atoms with E-state index in [9.17, 15) is 18.0 Å². The van der Waals surface area contributed by atoms with Crippen LogP contribution in [0.5, 0.6) is 11.5 Å². The molecular formula is C22H23F3N4O3S. The summed E-state index contributed by atoms with van der Waals surface area (Å²) in [5.74, 6) is 1.46. The Morgan fingerprint density at radius 3 is 2.48 bits per heavy atom. The third-order valence-electron chi connectivity index (χ3n) is 4.60. The SMILES string of the molecule is CCn1c(SCC(=O)Nc2cccc(C(F)(F)F)c2)nnc1[C@@H](C)Oc1ccc(OC)cc1. The molecule has 1 amide bonds. The highest BCUT2D eigenvalue weighted by molar-refractivity contribution is 7.99. The van der Waals surface area contributed by atoms with Crippen LogP contribution in [-0.4, -0.2) is 33.5 Å². The summed E-state index contributed by atoms with van der Waals surface area (Å²) < 4.78 is 51.4. The number of hydrogen-bond donors (Lipinski definition) is 1. The number of amides is 1. The van der Waals surface area contributed by atoms with Crippen molar-refractivity contribution in [1.29, 1.82) is 0 Å². The minimum atomic E-state index is -4.48. The molecular weight excluding hydrogens is 457 g/mol. The van der Waals surface area contributed by atoms with Crippen molar-refractivity contribution >= 4 is 23.4 Å². The number of nitrogens with zero attached hydrogens (tertiary/aromatic N) is 3. The number of methoxy groups -OCH3 is 1. The summed E-state index contributed by atoms with van der Waals surface area (Å²) >= 11 is 1.14. The minimum Gasteiger partial charge on any atom is -0.497 e. The van der Waals surface area contributed by atoms with Crippen molar-refractivity contribution in [2.45, 2.75) is 37.8 Å². The lowest BCUT2D eigenvalue weighted by atomic mass is 10.2. The first-order valence-electron chi connectivity index (χ1n) is 10.0. The molecule has 0 aliphatic carbocycles. The van der Waals surface area contributed by atoms with E-state index in [1.807, 2.05) is 18.4 Å². The van der Waals surface area contributed by atoms with Gasteiger partial charge in [-0.3, -0.25) is 4.79 Å². The molecule has 0 aliphatic rings. The third-order valence-corrected chi connectivity index (χ3v) is 5.57. The number of alkyl halides is 3. The van der Waals surface area contributed by atoms with E-state index in [4.69, 9.17) is 9.47 Å². The summed E-state index contributed by atoms with van der Waals surface area (Å²) in [7, 11) is 1.58. The molecule has 1 heterocycles. The smallest absolute Gasteiger partial charge is 0.416 e. The lowest BCUT2D eigenvalue weighted by Crippen LogP contribution is -2.16. The molecule has 1 aromatic heterocycles. The van der Waals surface area contributed by atoms with Crippen LogP contribution in [0.1, 0.15) is 31.3 Å². The van der Waals surface area contributed by atoms with Crippen LogP contribution in [-0.2, 0) is 17.5 Å². The van der Waals surface area contributed by atoms with Gasteiger partial charge in [0.05, 0.1) is 18.4 Å². The second-order valence-corrected chi connectivity index (χ2v) is 7.88. The number of aromatic nitrogens is 3. The Labute approximate surface area is 193 Å². The van der Waals surface area contributed by atoms with E-state index < -0.39 is 23.8 Å². The van der Waals surface area contributed by atoms with Crippen molar-refractivity contribution in [3.8, 4) is 11.5 Å². The average molecular weight is 481 g/mol. The Morgan fingerprint density at radius 1 is 1.15 bits per heavy atom. The van der Waals surface area contributed by atoms with E-state index in [0.717, 1.165) is 23.9 Å². The quantitative estimate of drug-likeness (QED) is 0.425. The van der Waals surface area contributed by atoms with E-state index in [1.54, 1.807) is 31.4 Å². The number of carbonyl (C=O) groups is 1. The highest BCUT2D eigenvalue weighted by Crippen LogP contribution is 2.31. The molecule has 0 unspecified atom stereocenters. The molecule has 3 aromatic rings. The number of hydrogen-bond acceptors (Lipinski definition) is 6. The molecule has 0 saturated carbocycles. The standard InChI is InChI=1S/C22H23F3N4O3S/c1-4-29-20(14(2)32-18-10-8-17(31-3)9-11-18)27-28-21(29)33-13-19(30)26-16-7-5-6-15(12-16)22(23,24)25/h5-12,14H,4,13H2,1-3H3,(H,26,30)/t14-/m1/s1. The van der Waals surface area contributed by atoms with Gasteiger partial charge in [0.15, 0.2) is 17.1 Å². The van der Waals surface area contributed by atoms with E-state index in [0.29, 0.717) is 29.0 Å². The molecule has 0 bridgehead atoms. The van der Waals surface area contributed by atoms with Crippen molar-refractivity contribution in [2.75, 3.05) is 18.2 Å². The molecule has 1 N–H and O–H groups in total. The van der Waals surface area contributed by atoms with Gasteiger partial charge in [0.2, 0.25) is 5.91 Å². The Kier molecular flexibility index (Phi) is 7.85. The molecule has 7 nitrogen and oxygen atoms in total. The van der Waals surface area contributed by atoms with E-state index in [1.165, 1.54) is 12.1 Å². The maximum atomic E-state index is 12.8. The molecule has 33 heavy (non-hydrogen) atoms. The maximum absolute atomic E-state index is 12.8. The zero-order valence-corrected chi connectivity index (χ0v) is 19.0. The number of halogens is 3. The van der Waals surface area contributed by atoms with Crippen LogP contribution >= 0.6 is 11.8 Å². The van der Waals surface area contributed by atoms with Gasteiger partial charge in [0.1, 0.15) is 11.5 Å². The molecule has 0 radical (unpaired) electrons. The molecule has 2 aromatic carbocycles. The van der Waals surface area contributed by atoms with Crippen molar-refractivity contribution < 1.29 is 27.4 Å². The Bertz CT molecular complexity index is 1090. The Morgan fingerprint density at radius 2 is 1.85 bits per heavy atom. The van der Waals surface area contributed by atoms with Crippen LogP contribution in [0.2, 0.25) is 0 Å². The molecule has 0 fully saturated rings. The summed E-state index contributed by atoms with van der Waals surface area (Å²) in [6, 6.07) is 11.6. The topological polar surface area (TPSA) is 78.3 Å². The average Bonchev–Trinajstić information content (AvgIpc) is 3.21. The van der Waals surface area contributed by atoms with Gasteiger partial charge in [-0.05, 0) is 56.3 Å². The summed E-state index contributed by atoms with van der Waals surface area (Å²) in [6.45, 7) is 4.31. The van der Waals surface area contributed by atoms with Crippen molar-refractivity contribution in [2.24, 2.45) is 0 Å². The fourth-order valence-electron chi connectivity index (χ4n) is 3.02. The first-order chi connectivity index (χ1) is 15.7. The van der Waals surface area contributed by atoms with Gasteiger partial charge in [0.25, 0.3) is 0 Å². The van der Waals surface area contributed by atoms with Gasteiger partial charge in [-0.15, -0.1) is 10.2 Å². The van der Waals surface area contributed by atoms with E-state index >= 15 is 0 Å². The number of thioether (sulfide) groups is 1.